The average Bonchev–Trinajstić information content (AvgIpc) is 3.14. The van der Waals surface area contributed by atoms with Crippen molar-refractivity contribution in [2.75, 3.05) is 0 Å². The van der Waals surface area contributed by atoms with E-state index in [9.17, 15) is 0 Å². The van der Waals surface area contributed by atoms with Crippen LogP contribution < -0.4 is 4.74 Å². The molecule has 1 aromatic heterocycles. The summed E-state index contributed by atoms with van der Waals surface area (Å²) in [5.41, 5.74) is 4.64. The van der Waals surface area contributed by atoms with Crippen LogP contribution in [-0.2, 0) is 6.54 Å². The van der Waals surface area contributed by atoms with E-state index in [0.717, 1.165) is 35.5 Å². The Morgan fingerprint density at radius 2 is 1.81 bits per heavy atom. The van der Waals surface area contributed by atoms with E-state index in [0.29, 0.717) is 12.6 Å². The van der Waals surface area contributed by atoms with Crippen molar-refractivity contribution in [2.24, 2.45) is 0 Å². The van der Waals surface area contributed by atoms with Crippen LogP contribution in [0.15, 0.2) is 42.5 Å². The molecule has 5 heteroatoms. The van der Waals surface area contributed by atoms with Crippen LogP contribution in [0.2, 0.25) is 0 Å². The van der Waals surface area contributed by atoms with Gasteiger partial charge in [0.15, 0.2) is 5.82 Å². The molecule has 0 atom stereocenters. The van der Waals surface area contributed by atoms with Gasteiger partial charge in [-0.05, 0) is 67.2 Å². The molecule has 2 aromatic carbocycles. The topological polar surface area (TPSA) is 52.8 Å². The highest BCUT2D eigenvalue weighted by molar-refractivity contribution is 5.61. The lowest BCUT2D eigenvalue weighted by Crippen LogP contribution is -2.20. The third-order valence-electron chi connectivity index (χ3n) is 5.52. The Bertz CT molecular complexity index is 912. The average molecular weight is 362 g/mol. The predicted molar refractivity (Wildman–Crippen MR) is 106 cm³/mol. The van der Waals surface area contributed by atoms with Crippen LogP contribution in [0, 0.1) is 13.8 Å². The fourth-order valence-electron chi connectivity index (χ4n) is 3.77. The van der Waals surface area contributed by atoms with Gasteiger partial charge in [0.1, 0.15) is 5.75 Å². The van der Waals surface area contributed by atoms with Crippen molar-refractivity contribution >= 4 is 0 Å². The first kappa shape index (κ1) is 17.7. The van der Waals surface area contributed by atoms with E-state index in [1.165, 1.54) is 30.4 Å². The summed E-state index contributed by atoms with van der Waals surface area (Å²) >= 11 is 0. The molecule has 1 heterocycles. The number of nitrogens with zero attached hydrogens (tertiary/aromatic N) is 4. The lowest BCUT2D eigenvalue weighted by molar-refractivity contribution is 0.153. The summed E-state index contributed by atoms with van der Waals surface area (Å²) < 4.78 is 8.21. The van der Waals surface area contributed by atoms with Crippen molar-refractivity contribution in [2.45, 2.75) is 58.6 Å². The number of hydrogen-bond acceptors (Lipinski definition) is 4. The van der Waals surface area contributed by atoms with Gasteiger partial charge in [0.2, 0.25) is 0 Å². The van der Waals surface area contributed by atoms with Crippen molar-refractivity contribution in [3.8, 4) is 17.1 Å². The summed E-state index contributed by atoms with van der Waals surface area (Å²) in [5, 5.41) is 12.5. The maximum Gasteiger partial charge on any atom is 0.182 e. The molecule has 0 spiro atoms. The monoisotopic (exact) mass is 362 g/mol. The zero-order chi connectivity index (χ0) is 18.6. The van der Waals surface area contributed by atoms with Crippen molar-refractivity contribution in [1.82, 2.24) is 20.2 Å². The summed E-state index contributed by atoms with van der Waals surface area (Å²) in [5.74, 6) is 1.75. The summed E-state index contributed by atoms with van der Waals surface area (Å²) in [4.78, 5) is 0. The molecule has 4 rings (SSSR count). The molecule has 0 unspecified atom stereocenters. The molecular formula is C22H26N4O. The van der Waals surface area contributed by atoms with Gasteiger partial charge in [-0.2, -0.15) is 0 Å². The third-order valence-corrected chi connectivity index (χ3v) is 5.52. The van der Waals surface area contributed by atoms with Crippen LogP contribution in [0.3, 0.4) is 0 Å². The first-order valence-corrected chi connectivity index (χ1v) is 9.79. The zero-order valence-corrected chi connectivity index (χ0v) is 16.1. The van der Waals surface area contributed by atoms with E-state index in [1.54, 1.807) is 0 Å². The van der Waals surface area contributed by atoms with Crippen LogP contribution in [-0.4, -0.2) is 26.3 Å². The van der Waals surface area contributed by atoms with Gasteiger partial charge >= 0.3 is 0 Å². The minimum Gasteiger partial charge on any atom is -0.490 e. The highest BCUT2D eigenvalue weighted by atomic mass is 16.5. The number of ether oxygens (including phenoxy) is 1. The minimum absolute atomic E-state index is 0.326. The number of para-hydroxylation sites is 1. The number of benzene rings is 2. The first-order chi connectivity index (χ1) is 13.2. The fourth-order valence-corrected chi connectivity index (χ4v) is 3.77. The van der Waals surface area contributed by atoms with Gasteiger partial charge in [-0.3, -0.25) is 0 Å². The molecular weight excluding hydrogens is 336 g/mol. The molecule has 1 aliphatic carbocycles. The lowest BCUT2D eigenvalue weighted by Gasteiger charge is -2.24. The second kappa shape index (κ2) is 7.91. The van der Waals surface area contributed by atoms with E-state index < -0.39 is 0 Å². The molecule has 0 radical (unpaired) electrons. The van der Waals surface area contributed by atoms with Crippen LogP contribution in [0.25, 0.3) is 11.4 Å². The zero-order valence-electron chi connectivity index (χ0n) is 16.1. The minimum atomic E-state index is 0.326. The van der Waals surface area contributed by atoms with Gasteiger partial charge in [-0.1, -0.05) is 42.8 Å². The Balaban J connectivity index is 1.61. The van der Waals surface area contributed by atoms with Crippen molar-refractivity contribution < 1.29 is 4.74 Å². The molecule has 1 saturated carbocycles. The molecule has 1 aliphatic rings. The Labute approximate surface area is 160 Å². The van der Waals surface area contributed by atoms with Crippen LogP contribution >= 0.6 is 0 Å². The molecule has 0 amide bonds. The second-order valence-electron chi connectivity index (χ2n) is 7.39. The third kappa shape index (κ3) is 3.87. The first-order valence-electron chi connectivity index (χ1n) is 9.79. The number of aryl methyl sites for hydroxylation is 1. The van der Waals surface area contributed by atoms with Gasteiger partial charge in [-0.25, -0.2) is 4.68 Å². The number of hydrogen-bond donors (Lipinski definition) is 0. The molecule has 0 bridgehead atoms. The van der Waals surface area contributed by atoms with E-state index in [1.807, 2.05) is 16.8 Å². The van der Waals surface area contributed by atoms with E-state index >= 15 is 0 Å². The molecule has 5 nitrogen and oxygen atoms in total. The van der Waals surface area contributed by atoms with Gasteiger partial charge < -0.3 is 4.74 Å². The van der Waals surface area contributed by atoms with E-state index in [-0.39, 0.29) is 0 Å². The molecule has 0 aliphatic heterocycles. The van der Waals surface area contributed by atoms with Crippen molar-refractivity contribution in [3.63, 3.8) is 0 Å². The Hall–Kier alpha value is -2.69. The Morgan fingerprint density at radius 1 is 1.00 bits per heavy atom. The maximum atomic E-state index is 6.34. The van der Waals surface area contributed by atoms with Gasteiger partial charge in [0, 0.05) is 11.1 Å². The van der Waals surface area contributed by atoms with E-state index in [2.05, 4.69) is 59.7 Å². The van der Waals surface area contributed by atoms with Gasteiger partial charge in [-0.15, -0.1) is 5.10 Å². The SMILES string of the molecule is Cc1cccc(-c2nnnn2Cc2ccccc2OC2CCCCC2)c1C. The maximum absolute atomic E-state index is 6.34. The lowest BCUT2D eigenvalue weighted by atomic mass is 9.97. The number of aromatic nitrogens is 4. The highest BCUT2D eigenvalue weighted by Crippen LogP contribution is 2.28. The van der Waals surface area contributed by atoms with E-state index in [4.69, 9.17) is 4.74 Å². The molecule has 27 heavy (non-hydrogen) atoms. The summed E-state index contributed by atoms with van der Waals surface area (Å²) in [6, 6.07) is 14.5. The molecule has 1 fully saturated rings. The fraction of sp³-hybridized carbons (Fsp3) is 0.409. The molecule has 0 N–H and O–H groups in total. The quantitative estimate of drug-likeness (QED) is 0.659. The van der Waals surface area contributed by atoms with Crippen LogP contribution in [0.4, 0.5) is 0 Å². The summed E-state index contributed by atoms with van der Waals surface area (Å²) in [6.45, 7) is 4.82. The number of tetrazole rings is 1. The summed E-state index contributed by atoms with van der Waals surface area (Å²) in [6.07, 6.45) is 6.46. The van der Waals surface area contributed by atoms with Crippen LogP contribution in [0.1, 0.15) is 48.8 Å². The standard InChI is InChI=1S/C22H26N4O/c1-16-9-8-13-20(17(16)2)22-23-24-25-26(22)15-18-10-6-7-14-21(18)27-19-11-4-3-5-12-19/h6-10,13-14,19H,3-5,11-12,15H2,1-2H3. The number of rotatable bonds is 5. The van der Waals surface area contributed by atoms with Crippen molar-refractivity contribution in [3.05, 3.63) is 59.2 Å². The van der Waals surface area contributed by atoms with Gasteiger partial charge in [0.25, 0.3) is 0 Å². The Morgan fingerprint density at radius 3 is 2.67 bits per heavy atom. The Kier molecular flexibility index (Phi) is 5.19. The molecule has 3 aromatic rings. The summed E-state index contributed by atoms with van der Waals surface area (Å²) in [7, 11) is 0. The molecule has 0 saturated heterocycles. The van der Waals surface area contributed by atoms with Gasteiger partial charge in [0.05, 0.1) is 12.6 Å². The molecule has 140 valence electrons. The largest absolute Gasteiger partial charge is 0.490 e. The van der Waals surface area contributed by atoms with Crippen LogP contribution in [0.5, 0.6) is 5.75 Å². The highest BCUT2D eigenvalue weighted by Gasteiger charge is 2.18. The second-order valence-corrected chi connectivity index (χ2v) is 7.39. The smallest absolute Gasteiger partial charge is 0.182 e. The van der Waals surface area contributed by atoms with Crippen molar-refractivity contribution in [1.29, 1.82) is 0 Å². The normalized spacial score (nSPS) is 15.0. The predicted octanol–water partition coefficient (Wildman–Crippen LogP) is 4.72.